The summed E-state index contributed by atoms with van der Waals surface area (Å²) in [6, 6.07) is 85.0. The van der Waals surface area contributed by atoms with E-state index in [0.717, 1.165) is 17.1 Å². The lowest BCUT2D eigenvalue weighted by molar-refractivity contribution is 1.28. The van der Waals surface area contributed by atoms with Crippen LogP contribution in [0.15, 0.2) is 237 Å². The summed E-state index contributed by atoms with van der Waals surface area (Å²) in [7, 11) is 0. The highest BCUT2D eigenvalue weighted by Crippen LogP contribution is 2.42. The van der Waals surface area contributed by atoms with Crippen molar-refractivity contribution in [2.24, 2.45) is 0 Å². The van der Waals surface area contributed by atoms with Crippen LogP contribution in [0.3, 0.4) is 0 Å². The lowest BCUT2D eigenvalue weighted by Gasteiger charge is -2.27. The second kappa shape index (κ2) is 15.4. The van der Waals surface area contributed by atoms with E-state index in [1.54, 1.807) is 0 Å². The zero-order valence-corrected chi connectivity index (χ0v) is 30.5. The number of hydrogen-bond acceptors (Lipinski definition) is 1. The minimum absolute atomic E-state index is 1.09. The first-order valence-corrected chi connectivity index (χ1v) is 18.8. The normalized spacial score (nSPS) is 10.9. The van der Waals surface area contributed by atoms with Gasteiger partial charge in [-0.25, -0.2) is 0 Å². The quantitative estimate of drug-likeness (QED) is 0.145. The van der Waals surface area contributed by atoms with Crippen molar-refractivity contribution in [1.29, 1.82) is 0 Å². The summed E-state index contributed by atoms with van der Waals surface area (Å²) in [5, 5.41) is 0. The van der Waals surface area contributed by atoms with Crippen LogP contribution in [0.2, 0.25) is 0 Å². The van der Waals surface area contributed by atoms with E-state index in [0.29, 0.717) is 0 Å². The van der Waals surface area contributed by atoms with Gasteiger partial charge >= 0.3 is 0 Å². The van der Waals surface area contributed by atoms with Crippen LogP contribution in [-0.2, 0) is 0 Å². The largest absolute Gasteiger partial charge is 0.310 e. The molecule has 0 bridgehead atoms. The van der Waals surface area contributed by atoms with E-state index >= 15 is 0 Å². The van der Waals surface area contributed by atoms with Crippen molar-refractivity contribution in [3.63, 3.8) is 0 Å². The maximum atomic E-state index is 2.37. The molecular weight excluding hydrogens is 663 g/mol. The Balaban J connectivity index is 1.19. The second-order valence-corrected chi connectivity index (χ2v) is 13.8. The van der Waals surface area contributed by atoms with E-state index in [4.69, 9.17) is 0 Å². The molecule has 260 valence electrons. The first kappa shape index (κ1) is 33.6. The predicted octanol–water partition coefficient (Wildman–Crippen LogP) is 15.2. The summed E-state index contributed by atoms with van der Waals surface area (Å²) in [5.41, 5.74) is 17.6. The van der Waals surface area contributed by atoms with Crippen molar-refractivity contribution in [2.75, 3.05) is 4.90 Å². The Kier molecular flexibility index (Phi) is 9.41. The Morgan fingerprint density at radius 3 is 0.964 bits per heavy atom. The molecule has 0 saturated carbocycles. The van der Waals surface area contributed by atoms with E-state index in [1.807, 2.05) is 0 Å². The molecule has 0 aromatic heterocycles. The van der Waals surface area contributed by atoms with Crippen molar-refractivity contribution in [3.8, 4) is 66.8 Å². The highest BCUT2D eigenvalue weighted by atomic mass is 15.1. The Labute approximate surface area is 324 Å². The van der Waals surface area contributed by atoms with E-state index < -0.39 is 0 Å². The molecule has 0 saturated heterocycles. The summed E-state index contributed by atoms with van der Waals surface area (Å²) < 4.78 is 0. The molecule has 0 aliphatic heterocycles. The summed E-state index contributed by atoms with van der Waals surface area (Å²) in [6.07, 6.45) is 0. The molecule has 0 amide bonds. The van der Waals surface area contributed by atoms with Gasteiger partial charge in [-0.2, -0.15) is 0 Å². The first-order valence-electron chi connectivity index (χ1n) is 18.8. The van der Waals surface area contributed by atoms with E-state index in [1.165, 1.54) is 66.8 Å². The minimum atomic E-state index is 1.09. The van der Waals surface area contributed by atoms with Gasteiger partial charge in [-0.15, -0.1) is 0 Å². The molecule has 0 radical (unpaired) electrons. The molecule has 0 aliphatic carbocycles. The standard InChI is InChI=1S/C54H39N/c1-5-14-40(15-6-1)44-24-26-47(27-25-44)54-39-52(36-37-53(54)49-23-13-22-48(38-49)43-20-11-4-12-21-43)55(50-32-28-45(29-33-50)41-16-7-2-8-17-41)51-34-30-46(31-35-51)42-18-9-3-10-19-42/h1-39H. The van der Waals surface area contributed by atoms with Crippen LogP contribution >= 0.6 is 0 Å². The van der Waals surface area contributed by atoms with Crippen LogP contribution in [-0.4, -0.2) is 0 Å². The number of rotatable bonds is 9. The van der Waals surface area contributed by atoms with Gasteiger partial charge < -0.3 is 4.90 Å². The zero-order valence-electron chi connectivity index (χ0n) is 30.5. The molecule has 1 nitrogen and oxygen atoms in total. The van der Waals surface area contributed by atoms with Crippen molar-refractivity contribution in [2.45, 2.75) is 0 Å². The molecule has 9 rings (SSSR count). The van der Waals surface area contributed by atoms with Gasteiger partial charge in [0, 0.05) is 17.1 Å². The monoisotopic (exact) mass is 701 g/mol. The molecule has 0 aliphatic rings. The summed E-state index contributed by atoms with van der Waals surface area (Å²) in [5.74, 6) is 0. The highest BCUT2D eigenvalue weighted by molar-refractivity contribution is 5.91. The van der Waals surface area contributed by atoms with Crippen LogP contribution in [0.25, 0.3) is 66.8 Å². The van der Waals surface area contributed by atoms with Crippen molar-refractivity contribution >= 4 is 17.1 Å². The first-order chi connectivity index (χ1) is 27.3. The van der Waals surface area contributed by atoms with Crippen LogP contribution in [0.5, 0.6) is 0 Å². The fourth-order valence-corrected chi connectivity index (χ4v) is 7.45. The molecular formula is C54H39N. The summed E-state index contributed by atoms with van der Waals surface area (Å²) in [4.78, 5) is 2.37. The second-order valence-electron chi connectivity index (χ2n) is 13.8. The fraction of sp³-hybridized carbons (Fsp3) is 0. The van der Waals surface area contributed by atoms with Gasteiger partial charge in [-0.3, -0.25) is 0 Å². The molecule has 9 aromatic carbocycles. The van der Waals surface area contributed by atoms with Gasteiger partial charge in [0.15, 0.2) is 0 Å². The number of nitrogens with zero attached hydrogens (tertiary/aromatic N) is 1. The van der Waals surface area contributed by atoms with Gasteiger partial charge in [0.25, 0.3) is 0 Å². The Hall–Kier alpha value is -7.22. The van der Waals surface area contributed by atoms with Crippen molar-refractivity contribution < 1.29 is 0 Å². The third-order valence-electron chi connectivity index (χ3n) is 10.3. The third-order valence-corrected chi connectivity index (χ3v) is 10.3. The molecule has 0 fully saturated rings. The molecule has 55 heavy (non-hydrogen) atoms. The number of hydrogen-bond donors (Lipinski definition) is 0. The number of benzene rings is 9. The Morgan fingerprint density at radius 1 is 0.182 bits per heavy atom. The average Bonchev–Trinajstić information content (AvgIpc) is 3.28. The van der Waals surface area contributed by atoms with Gasteiger partial charge in [-0.05, 0) is 109 Å². The topological polar surface area (TPSA) is 3.24 Å². The van der Waals surface area contributed by atoms with Gasteiger partial charge in [-0.1, -0.05) is 194 Å². The maximum absolute atomic E-state index is 2.37. The summed E-state index contributed by atoms with van der Waals surface area (Å²) in [6.45, 7) is 0. The lowest BCUT2D eigenvalue weighted by atomic mass is 9.91. The molecule has 0 atom stereocenters. The number of anilines is 3. The smallest absolute Gasteiger partial charge is 0.0468 e. The molecule has 9 aromatic rings. The highest BCUT2D eigenvalue weighted by Gasteiger charge is 2.18. The van der Waals surface area contributed by atoms with Gasteiger partial charge in [0.05, 0.1) is 0 Å². The fourth-order valence-electron chi connectivity index (χ4n) is 7.45. The summed E-state index contributed by atoms with van der Waals surface area (Å²) >= 11 is 0. The Bertz CT molecular complexity index is 2550. The lowest BCUT2D eigenvalue weighted by Crippen LogP contribution is -2.10. The van der Waals surface area contributed by atoms with Gasteiger partial charge in [0.2, 0.25) is 0 Å². The van der Waals surface area contributed by atoms with Crippen LogP contribution in [0, 0.1) is 0 Å². The maximum Gasteiger partial charge on any atom is 0.0468 e. The van der Waals surface area contributed by atoms with Crippen LogP contribution < -0.4 is 4.90 Å². The van der Waals surface area contributed by atoms with Crippen LogP contribution in [0.4, 0.5) is 17.1 Å². The minimum Gasteiger partial charge on any atom is -0.310 e. The zero-order chi connectivity index (χ0) is 36.8. The molecule has 0 N–H and O–H groups in total. The van der Waals surface area contributed by atoms with Crippen molar-refractivity contribution in [1.82, 2.24) is 0 Å². The molecule has 0 spiro atoms. The Morgan fingerprint density at radius 2 is 0.509 bits per heavy atom. The van der Waals surface area contributed by atoms with E-state index in [-0.39, 0.29) is 0 Å². The van der Waals surface area contributed by atoms with E-state index in [9.17, 15) is 0 Å². The molecule has 1 heteroatoms. The predicted molar refractivity (Wildman–Crippen MR) is 234 cm³/mol. The SMILES string of the molecule is c1ccc(-c2ccc(-c3cc(N(c4ccc(-c5ccccc5)cc4)c4ccc(-c5ccccc5)cc4)ccc3-c3cccc(-c4ccccc4)c3)cc2)cc1. The average molecular weight is 702 g/mol. The third kappa shape index (κ3) is 7.25. The van der Waals surface area contributed by atoms with E-state index in [2.05, 4.69) is 241 Å². The van der Waals surface area contributed by atoms with Crippen LogP contribution in [0.1, 0.15) is 0 Å². The molecule has 0 heterocycles. The van der Waals surface area contributed by atoms with Gasteiger partial charge in [0.1, 0.15) is 0 Å². The van der Waals surface area contributed by atoms with Crippen molar-refractivity contribution in [3.05, 3.63) is 237 Å². The molecule has 0 unspecified atom stereocenters.